The molecular weight excluding hydrogens is 362 g/mol. The molecule has 1 unspecified atom stereocenters. The first-order valence-electron chi connectivity index (χ1n) is 8.96. The Morgan fingerprint density at radius 2 is 2.07 bits per heavy atom. The van der Waals surface area contributed by atoms with E-state index in [0.29, 0.717) is 5.75 Å². The van der Waals surface area contributed by atoms with Crippen LogP contribution < -0.4 is 15.0 Å². The Labute approximate surface area is 162 Å². The summed E-state index contributed by atoms with van der Waals surface area (Å²) in [5.41, 5.74) is 1.91. The summed E-state index contributed by atoms with van der Waals surface area (Å²) >= 11 is 0. The second-order valence-corrected chi connectivity index (χ2v) is 6.52. The predicted octanol–water partition coefficient (Wildman–Crippen LogP) is 3.16. The van der Waals surface area contributed by atoms with Gasteiger partial charge in [-0.3, -0.25) is 19.7 Å². The number of nitrogens with one attached hydrogen (secondary N) is 1. The Morgan fingerprint density at radius 3 is 2.75 bits per heavy atom. The summed E-state index contributed by atoms with van der Waals surface area (Å²) in [4.78, 5) is 37.3. The highest BCUT2D eigenvalue weighted by atomic mass is 16.6. The molecule has 8 heteroatoms. The van der Waals surface area contributed by atoms with Gasteiger partial charge in [0.1, 0.15) is 5.75 Å². The molecule has 0 aliphatic carbocycles. The first kappa shape index (κ1) is 19.3. The number of anilines is 2. The molecule has 0 bridgehead atoms. The highest BCUT2D eigenvalue weighted by Gasteiger charge is 2.36. The third-order valence-corrected chi connectivity index (χ3v) is 4.81. The van der Waals surface area contributed by atoms with Crippen molar-refractivity contribution in [3.05, 3.63) is 58.1 Å². The molecule has 1 aliphatic heterocycles. The van der Waals surface area contributed by atoms with E-state index in [1.165, 1.54) is 25.3 Å². The van der Waals surface area contributed by atoms with Crippen molar-refractivity contribution in [1.82, 2.24) is 0 Å². The third kappa shape index (κ3) is 3.80. The number of nitro groups is 1. The lowest BCUT2D eigenvalue weighted by Gasteiger charge is -2.20. The minimum atomic E-state index is -0.554. The number of carbonyl (C=O) groups is 2. The number of ether oxygens (including phenoxy) is 1. The third-order valence-electron chi connectivity index (χ3n) is 4.81. The molecule has 1 saturated heterocycles. The number of nitrogens with zero attached hydrogens (tertiary/aromatic N) is 2. The summed E-state index contributed by atoms with van der Waals surface area (Å²) in [5, 5.41) is 13.7. The largest absolute Gasteiger partial charge is 0.495 e. The van der Waals surface area contributed by atoms with Crippen molar-refractivity contribution in [3.8, 4) is 5.75 Å². The van der Waals surface area contributed by atoms with Crippen LogP contribution in [0.1, 0.15) is 18.9 Å². The topological polar surface area (TPSA) is 102 Å². The van der Waals surface area contributed by atoms with Gasteiger partial charge in [0, 0.05) is 30.8 Å². The van der Waals surface area contributed by atoms with Crippen molar-refractivity contribution in [2.45, 2.75) is 19.8 Å². The summed E-state index contributed by atoms with van der Waals surface area (Å²) in [5.74, 6) is -0.728. The highest BCUT2D eigenvalue weighted by Crippen LogP contribution is 2.32. The van der Waals surface area contributed by atoms with E-state index in [4.69, 9.17) is 4.74 Å². The lowest BCUT2D eigenvalue weighted by molar-refractivity contribution is -0.384. The molecule has 1 heterocycles. The van der Waals surface area contributed by atoms with Crippen LogP contribution in [0.3, 0.4) is 0 Å². The second kappa shape index (κ2) is 8.08. The molecule has 1 fully saturated rings. The normalized spacial score (nSPS) is 16.1. The fourth-order valence-electron chi connectivity index (χ4n) is 3.33. The van der Waals surface area contributed by atoms with Crippen LogP contribution in [-0.2, 0) is 16.0 Å². The lowest BCUT2D eigenvalue weighted by Crippen LogP contribution is -2.28. The molecule has 0 spiro atoms. The van der Waals surface area contributed by atoms with Gasteiger partial charge >= 0.3 is 0 Å². The van der Waals surface area contributed by atoms with E-state index in [1.807, 2.05) is 31.2 Å². The lowest BCUT2D eigenvalue weighted by atomic mass is 10.1. The Bertz CT molecular complexity index is 928. The summed E-state index contributed by atoms with van der Waals surface area (Å²) in [6.07, 6.45) is 0.864. The van der Waals surface area contributed by atoms with Crippen LogP contribution in [0.2, 0.25) is 0 Å². The first-order chi connectivity index (χ1) is 13.4. The molecule has 0 aromatic heterocycles. The minimum Gasteiger partial charge on any atom is -0.495 e. The summed E-state index contributed by atoms with van der Waals surface area (Å²) < 4.78 is 5.17. The van der Waals surface area contributed by atoms with Crippen LogP contribution >= 0.6 is 0 Å². The summed E-state index contributed by atoms with van der Waals surface area (Å²) in [7, 11) is 1.42. The van der Waals surface area contributed by atoms with Crippen molar-refractivity contribution < 1.29 is 19.2 Å². The average molecular weight is 383 g/mol. The zero-order valence-corrected chi connectivity index (χ0v) is 15.7. The van der Waals surface area contributed by atoms with E-state index >= 15 is 0 Å². The van der Waals surface area contributed by atoms with Crippen LogP contribution in [0.5, 0.6) is 5.75 Å². The fraction of sp³-hybridized carbons (Fsp3) is 0.300. The zero-order valence-electron chi connectivity index (χ0n) is 15.7. The number of carbonyl (C=O) groups excluding carboxylic acids is 2. The molecule has 2 aromatic rings. The van der Waals surface area contributed by atoms with Gasteiger partial charge < -0.3 is 15.0 Å². The summed E-state index contributed by atoms with van der Waals surface area (Å²) in [6.45, 7) is 2.27. The van der Waals surface area contributed by atoms with Crippen molar-refractivity contribution in [2.24, 2.45) is 5.92 Å². The van der Waals surface area contributed by atoms with Gasteiger partial charge in [0.15, 0.2) is 0 Å². The van der Waals surface area contributed by atoms with E-state index < -0.39 is 10.8 Å². The Hall–Kier alpha value is -3.42. The van der Waals surface area contributed by atoms with Crippen LogP contribution in [0.15, 0.2) is 42.5 Å². The molecule has 8 nitrogen and oxygen atoms in total. The van der Waals surface area contributed by atoms with Crippen LogP contribution in [0, 0.1) is 16.0 Å². The Morgan fingerprint density at radius 1 is 1.32 bits per heavy atom. The number of non-ortho nitro benzene ring substituents is 1. The van der Waals surface area contributed by atoms with Gasteiger partial charge in [0.25, 0.3) is 5.69 Å². The highest BCUT2D eigenvalue weighted by molar-refractivity contribution is 6.04. The maximum atomic E-state index is 12.7. The van der Waals surface area contributed by atoms with Gasteiger partial charge in [0.05, 0.1) is 23.6 Å². The maximum absolute atomic E-state index is 12.7. The number of aryl methyl sites for hydroxylation is 1. The molecule has 2 aromatic carbocycles. The molecule has 2 amide bonds. The number of hydrogen-bond donors (Lipinski definition) is 1. The molecular formula is C20H21N3O5. The number of rotatable bonds is 6. The van der Waals surface area contributed by atoms with Crippen molar-refractivity contribution in [2.75, 3.05) is 23.9 Å². The van der Waals surface area contributed by atoms with Gasteiger partial charge in [-0.2, -0.15) is 0 Å². The molecule has 0 saturated carbocycles. The summed E-state index contributed by atoms with van der Waals surface area (Å²) in [6, 6.07) is 11.6. The van der Waals surface area contributed by atoms with Crippen molar-refractivity contribution in [3.63, 3.8) is 0 Å². The van der Waals surface area contributed by atoms with Crippen LogP contribution in [0.25, 0.3) is 0 Å². The van der Waals surface area contributed by atoms with Gasteiger partial charge in [-0.05, 0) is 24.1 Å². The van der Waals surface area contributed by atoms with E-state index in [0.717, 1.165) is 17.7 Å². The number of hydrogen-bond acceptors (Lipinski definition) is 5. The average Bonchev–Trinajstić information content (AvgIpc) is 3.09. The number of nitro benzene ring substituents is 1. The fourth-order valence-corrected chi connectivity index (χ4v) is 3.33. The monoisotopic (exact) mass is 383 g/mol. The molecule has 3 rings (SSSR count). The molecule has 146 valence electrons. The van der Waals surface area contributed by atoms with Crippen LogP contribution in [-0.4, -0.2) is 30.4 Å². The molecule has 0 radical (unpaired) electrons. The van der Waals surface area contributed by atoms with Gasteiger partial charge in [-0.15, -0.1) is 0 Å². The number of para-hydroxylation sites is 1. The molecule has 1 aliphatic rings. The quantitative estimate of drug-likeness (QED) is 0.610. The smallest absolute Gasteiger partial charge is 0.271 e. The number of benzene rings is 2. The first-order valence-corrected chi connectivity index (χ1v) is 8.96. The minimum absolute atomic E-state index is 0.0844. The van der Waals surface area contributed by atoms with Crippen molar-refractivity contribution in [1.29, 1.82) is 0 Å². The molecule has 28 heavy (non-hydrogen) atoms. The van der Waals surface area contributed by atoms with Gasteiger partial charge in [-0.1, -0.05) is 25.1 Å². The second-order valence-electron chi connectivity index (χ2n) is 6.52. The van der Waals surface area contributed by atoms with E-state index in [2.05, 4.69) is 5.32 Å². The molecule has 1 N–H and O–H groups in total. The maximum Gasteiger partial charge on any atom is 0.271 e. The van der Waals surface area contributed by atoms with Gasteiger partial charge in [-0.25, -0.2) is 0 Å². The number of methoxy groups -OCH3 is 1. The SMILES string of the molecule is CCc1ccccc1N1CC(C(=O)Nc2cc([N+](=O)[O-])ccc2OC)CC1=O. The standard InChI is InChI=1S/C20H21N3O5/c1-3-13-6-4-5-7-17(13)22-12-14(10-19(22)24)20(25)21-16-11-15(23(26)27)8-9-18(16)28-2/h4-9,11,14H,3,10,12H2,1-2H3,(H,21,25). The van der Waals surface area contributed by atoms with E-state index in [-0.39, 0.29) is 36.2 Å². The van der Waals surface area contributed by atoms with Crippen molar-refractivity contribution >= 4 is 28.9 Å². The Balaban J connectivity index is 1.79. The Kier molecular flexibility index (Phi) is 5.58. The number of amides is 2. The van der Waals surface area contributed by atoms with Gasteiger partial charge in [0.2, 0.25) is 11.8 Å². The molecule has 1 atom stereocenters. The van der Waals surface area contributed by atoms with E-state index in [9.17, 15) is 19.7 Å². The van der Waals surface area contributed by atoms with Crippen LogP contribution in [0.4, 0.5) is 17.1 Å². The van der Waals surface area contributed by atoms with E-state index in [1.54, 1.807) is 4.90 Å². The predicted molar refractivity (Wildman–Crippen MR) is 105 cm³/mol. The zero-order chi connectivity index (χ0) is 20.3.